The Morgan fingerprint density at radius 1 is 1.00 bits per heavy atom. The zero-order valence-corrected chi connectivity index (χ0v) is 16.0. The Kier molecular flexibility index (Phi) is 8.25. The summed E-state index contributed by atoms with van der Waals surface area (Å²) in [6, 6.07) is 4.32. The summed E-state index contributed by atoms with van der Waals surface area (Å²) in [7, 11) is 3.05. The number of amides is 2. The van der Waals surface area contributed by atoms with Gasteiger partial charge >= 0.3 is 0 Å². The summed E-state index contributed by atoms with van der Waals surface area (Å²) in [6.45, 7) is 8.61. The normalized spacial score (nSPS) is 12.0. The molecule has 0 aromatic heterocycles. The standard InChI is InChI=1S/C19H30N2O4/c1-12(2)7-8-20-19(23)17(13(3)4)21-18(22)14-9-15(24-5)11-16(10-14)25-6/h9-13,17H,7-8H2,1-6H3,(H,20,23)(H,21,22)/t17-/m1/s1. The lowest BCUT2D eigenvalue weighted by molar-refractivity contribution is -0.123. The summed E-state index contributed by atoms with van der Waals surface area (Å²) in [5, 5.41) is 5.71. The molecule has 0 fully saturated rings. The van der Waals surface area contributed by atoms with Gasteiger partial charge in [-0.25, -0.2) is 0 Å². The van der Waals surface area contributed by atoms with Crippen molar-refractivity contribution in [3.63, 3.8) is 0 Å². The van der Waals surface area contributed by atoms with E-state index in [1.165, 1.54) is 14.2 Å². The molecule has 0 radical (unpaired) electrons. The van der Waals surface area contributed by atoms with Gasteiger partial charge in [-0.15, -0.1) is 0 Å². The lowest BCUT2D eigenvalue weighted by Gasteiger charge is -2.22. The third kappa shape index (κ3) is 6.64. The van der Waals surface area contributed by atoms with Crippen LogP contribution in [0.1, 0.15) is 44.5 Å². The van der Waals surface area contributed by atoms with E-state index in [1.54, 1.807) is 18.2 Å². The molecule has 0 heterocycles. The Morgan fingerprint density at radius 3 is 2.00 bits per heavy atom. The molecule has 1 atom stereocenters. The van der Waals surface area contributed by atoms with Gasteiger partial charge in [-0.1, -0.05) is 27.7 Å². The summed E-state index contributed by atoms with van der Waals surface area (Å²) in [4.78, 5) is 25.0. The van der Waals surface area contributed by atoms with Crippen molar-refractivity contribution in [2.45, 2.75) is 40.2 Å². The van der Waals surface area contributed by atoms with Crippen LogP contribution in [0.2, 0.25) is 0 Å². The summed E-state index contributed by atoms with van der Waals surface area (Å²) < 4.78 is 10.4. The van der Waals surface area contributed by atoms with Crippen LogP contribution in [0.15, 0.2) is 18.2 Å². The third-order valence-corrected chi connectivity index (χ3v) is 3.87. The monoisotopic (exact) mass is 350 g/mol. The topological polar surface area (TPSA) is 76.7 Å². The molecule has 6 nitrogen and oxygen atoms in total. The third-order valence-electron chi connectivity index (χ3n) is 3.87. The van der Waals surface area contributed by atoms with Crippen LogP contribution in [0.25, 0.3) is 0 Å². The first-order chi connectivity index (χ1) is 11.8. The van der Waals surface area contributed by atoms with Gasteiger partial charge in [0.15, 0.2) is 0 Å². The van der Waals surface area contributed by atoms with Crippen LogP contribution >= 0.6 is 0 Å². The number of hydrogen-bond donors (Lipinski definition) is 2. The largest absolute Gasteiger partial charge is 0.497 e. The first-order valence-corrected chi connectivity index (χ1v) is 8.60. The van der Waals surface area contributed by atoms with E-state index in [2.05, 4.69) is 24.5 Å². The second-order valence-electron chi connectivity index (χ2n) is 6.77. The van der Waals surface area contributed by atoms with E-state index in [4.69, 9.17) is 9.47 Å². The molecule has 140 valence electrons. The molecule has 25 heavy (non-hydrogen) atoms. The highest BCUT2D eigenvalue weighted by Crippen LogP contribution is 2.22. The number of benzene rings is 1. The Hall–Kier alpha value is -2.24. The van der Waals surface area contributed by atoms with E-state index in [9.17, 15) is 9.59 Å². The van der Waals surface area contributed by atoms with E-state index >= 15 is 0 Å². The van der Waals surface area contributed by atoms with Crippen molar-refractivity contribution in [1.29, 1.82) is 0 Å². The van der Waals surface area contributed by atoms with Crippen LogP contribution in [-0.2, 0) is 4.79 Å². The van der Waals surface area contributed by atoms with Gasteiger partial charge in [-0.05, 0) is 30.4 Å². The van der Waals surface area contributed by atoms with Gasteiger partial charge in [0, 0.05) is 18.2 Å². The van der Waals surface area contributed by atoms with Gasteiger partial charge in [0.25, 0.3) is 5.91 Å². The first-order valence-electron chi connectivity index (χ1n) is 8.60. The molecule has 6 heteroatoms. The van der Waals surface area contributed by atoms with Crippen molar-refractivity contribution < 1.29 is 19.1 Å². The van der Waals surface area contributed by atoms with Crippen molar-refractivity contribution in [2.24, 2.45) is 11.8 Å². The fraction of sp³-hybridized carbons (Fsp3) is 0.579. The fourth-order valence-electron chi connectivity index (χ4n) is 2.29. The number of carbonyl (C=O) groups is 2. The molecule has 0 bridgehead atoms. The maximum absolute atomic E-state index is 12.6. The second kappa shape index (κ2) is 9.91. The lowest BCUT2D eigenvalue weighted by atomic mass is 10.0. The van der Waals surface area contributed by atoms with Crippen LogP contribution in [-0.4, -0.2) is 38.6 Å². The van der Waals surface area contributed by atoms with Gasteiger partial charge in [0.05, 0.1) is 14.2 Å². The van der Waals surface area contributed by atoms with E-state index in [1.807, 2.05) is 13.8 Å². The predicted octanol–water partition coefficient (Wildman–Crippen LogP) is 2.62. The number of ether oxygens (including phenoxy) is 2. The molecule has 2 amide bonds. The van der Waals surface area contributed by atoms with Gasteiger partial charge in [0.1, 0.15) is 17.5 Å². The summed E-state index contributed by atoms with van der Waals surface area (Å²) in [5.41, 5.74) is 0.386. The van der Waals surface area contributed by atoms with Crippen LogP contribution in [0.5, 0.6) is 11.5 Å². The van der Waals surface area contributed by atoms with Crippen molar-refractivity contribution in [3.8, 4) is 11.5 Å². The van der Waals surface area contributed by atoms with E-state index < -0.39 is 6.04 Å². The number of carbonyl (C=O) groups excluding carboxylic acids is 2. The van der Waals surface area contributed by atoms with Crippen molar-refractivity contribution in [3.05, 3.63) is 23.8 Å². The van der Waals surface area contributed by atoms with Crippen molar-refractivity contribution in [2.75, 3.05) is 20.8 Å². The summed E-state index contributed by atoms with van der Waals surface area (Å²) in [5.74, 6) is 1.01. The van der Waals surface area contributed by atoms with E-state index in [0.29, 0.717) is 29.5 Å². The molecule has 0 unspecified atom stereocenters. The molecule has 0 spiro atoms. The quantitative estimate of drug-likeness (QED) is 0.718. The second-order valence-corrected chi connectivity index (χ2v) is 6.77. The maximum Gasteiger partial charge on any atom is 0.252 e. The van der Waals surface area contributed by atoms with Gasteiger partial charge in [-0.2, -0.15) is 0 Å². The zero-order valence-electron chi connectivity index (χ0n) is 16.0. The highest BCUT2D eigenvalue weighted by atomic mass is 16.5. The van der Waals surface area contributed by atoms with Gasteiger partial charge < -0.3 is 20.1 Å². The number of methoxy groups -OCH3 is 2. The molecule has 1 aromatic carbocycles. The Morgan fingerprint density at radius 2 is 1.56 bits per heavy atom. The molecular weight excluding hydrogens is 320 g/mol. The zero-order chi connectivity index (χ0) is 19.0. The number of nitrogens with one attached hydrogen (secondary N) is 2. The average molecular weight is 350 g/mol. The molecule has 0 aliphatic carbocycles. The molecule has 2 N–H and O–H groups in total. The summed E-state index contributed by atoms with van der Waals surface area (Å²) >= 11 is 0. The SMILES string of the molecule is COc1cc(OC)cc(C(=O)N[C@@H](C(=O)NCCC(C)C)C(C)C)c1. The van der Waals surface area contributed by atoms with Crippen LogP contribution < -0.4 is 20.1 Å². The minimum Gasteiger partial charge on any atom is -0.497 e. The molecule has 1 aromatic rings. The Labute approximate surface area is 150 Å². The molecule has 0 aliphatic rings. The smallest absolute Gasteiger partial charge is 0.252 e. The number of rotatable bonds is 9. The van der Waals surface area contributed by atoms with E-state index in [-0.39, 0.29) is 17.7 Å². The Bertz CT molecular complexity index is 563. The fourth-order valence-corrected chi connectivity index (χ4v) is 2.29. The maximum atomic E-state index is 12.6. The Balaban J connectivity index is 2.84. The summed E-state index contributed by atoms with van der Waals surface area (Å²) in [6.07, 6.45) is 0.900. The first kappa shape index (κ1) is 20.8. The van der Waals surface area contributed by atoms with E-state index in [0.717, 1.165) is 6.42 Å². The van der Waals surface area contributed by atoms with Crippen LogP contribution in [0.3, 0.4) is 0 Å². The van der Waals surface area contributed by atoms with Gasteiger partial charge in [0.2, 0.25) is 5.91 Å². The molecule has 0 aliphatic heterocycles. The highest BCUT2D eigenvalue weighted by Gasteiger charge is 2.25. The predicted molar refractivity (Wildman–Crippen MR) is 98.1 cm³/mol. The molecule has 0 saturated carbocycles. The average Bonchev–Trinajstić information content (AvgIpc) is 2.57. The van der Waals surface area contributed by atoms with Crippen LogP contribution in [0, 0.1) is 11.8 Å². The van der Waals surface area contributed by atoms with Crippen molar-refractivity contribution >= 4 is 11.8 Å². The molecular formula is C19H30N2O4. The number of hydrogen-bond acceptors (Lipinski definition) is 4. The molecule has 1 rings (SSSR count). The minimum atomic E-state index is -0.600. The van der Waals surface area contributed by atoms with Crippen molar-refractivity contribution in [1.82, 2.24) is 10.6 Å². The highest BCUT2D eigenvalue weighted by molar-refractivity contribution is 5.98. The molecule has 0 saturated heterocycles. The lowest BCUT2D eigenvalue weighted by Crippen LogP contribution is -2.50. The van der Waals surface area contributed by atoms with Crippen LogP contribution in [0.4, 0.5) is 0 Å². The minimum absolute atomic E-state index is 0.0319. The van der Waals surface area contributed by atoms with Gasteiger partial charge in [-0.3, -0.25) is 9.59 Å².